The maximum absolute atomic E-state index is 15.5. The largest absolute Gasteiger partial charge is 0.405 e. The maximum Gasteiger partial charge on any atom is 0.405 e. The highest BCUT2D eigenvalue weighted by Crippen LogP contribution is 2.56. The van der Waals surface area contributed by atoms with Crippen molar-refractivity contribution in [2.24, 2.45) is 5.41 Å². The van der Waals surface area contributed by atoms with E-state index in [0.29, 0.717) is 18.4 Å². The molecule has 2 unspecified atom stereocenters. The Kier molecular flexibility index (Phi) is 7.23. The van der Waals surface area contributed by atoms with E-state index in [2.05, 4.69) is 4.72 Å². The number of nitrogens with one attached hydrogen (secondary N) is 2. The molecule has 190 valence electrons. The van der Waals surface area contributed by atoms with Crippen LogP contribution in [0.15, 0.2) is 42.5 Å². The Labute approximate surface area is 201 Å². The molecule has 2 amide bonds. The first-order chi connectivity index (χ1) is 16.5. The molecule has 0 aromatic heterocycles. The molecule has 0 bridgehead atoms. The maximum atomic E-state index is 15.5. The minimum Gasteiger partial charge on any atom is -0.329 e. The number of urea groups is 1. The zero-order chi connectivity index (χ0) is 25.4. The molecule has 4 nitrogen and oxygen atoms in total. The van der Waals surface area contributed by atoms with Crippen LogP contribution in [0.5, 0.6) is 0 Å². The number of nitrogens with zero attached hydrogens (tertiary/aromatic N) is 1. The lowest BCUT2D eigenvalue weighted by atomic mass is 9.91. The summed E-state index contributed by atoms with van der Waals surface area (Å²) in [5, 5.41) is 1.81. The van der Waals surface area contributed by atoms with Gasteiger partial charge in [-0.2, -0.15) is 22.0 Å². The number of amides is 2. The van der Waals surface area contributed by atoms with Gasteiger partial charge in [0.1, 0.15) is 18.2 Å². The van der Waals surface area contributed by atoms with Gasteiger partial charge >= 0.3 is 12.2 Å². The summed E-state index contributed by atoms with van der Waals surface area (Å²) in [7, 11) is 0. The smallest absolute Gasteiger partial charge is 0.329 e. The molecule has 2 aliphatic rings. The van der Waals surface area contributed by atoms with Gasteiger partial charge in [-0.05, 0) is 54.5 Å². The Bertz CT molecular complexity index is 1060. The van der Waals surface area contributed by atoms with Crippen LogP contribution in [0, 0.1) is 17.0 Å². The van der Waals surface area contributed by atoms with E-state index in [4.69, 9.17) is 0 Å². The highest BCUT2D eigenvalue weighted by molar-refractivity contribution is 7.97. The second-order valence-electron chi connectivity index (χ2n) is 8.80. The van der Waals surface area contributed by atoms with Gasteiger partial charge in [0.25, 0.3) is 5.76 Å². The molecule has 1 aliphatic carbocycles. The first-order valence-electron chi connectivity index (χ1n) is 10.8. The zero-order valence-electron chi connectivity index (χ0n) is 18.2. The van der Waals surface area contributed by atoms with Gasteiger partial charge in [-0.1, -0.05) is 30.3 Å². The van der Waals surface area contributed by atoms with Gasteiger partial charge in [-0.25, -0.2) is 13.6 Å². The third-order valence-electron chi connectivity index (χ3n) is 6.43. The molecule has 1 saturated carbocycles. The van der Waals surface area contributed by atoms with Crippen molar-refractivity contribution < 1.29 is 35.5 Å². The van der Waals surface area contributed by atoms with E-state index in [1.165, 1.54) is 0 Å². The molecule has 2 aromatic carbocycles. The van der Waals surface area contributed by atoms with Crippen molar-refractivity contribution >= 4 is 18.0 Å². The van der Waals surface area contributed by atoms with Gasteiger partial charge in [0.2, 0.25) is 0 Å². The Morgan fingerprint density at radius 3 is 2.43 bits per heavy atom. The van der Waals surface area contributed by atoms with E-state index < -0.39 is 53.6 Å². The average molecular weight is 522 g/mol. The fourth-order valence-electron chi connectivity index (χ4n) is 4.68. The van der Waals surface area contributed by atoms with Crippen molar-refractivity contribution in [1.29, 1.82) is 0 Å². The van der Waals surface area contributed by atoms with Gasteiger partial charge < -0.3 is 10.2 Å². The van der Waals surface area contributed by atoms with E-state index in [0.717, 1.165) is 17.0 Å². The van der Waals surface area contributed by atoms with Crippen LogP contribution in [-0.4, -0.2) is 48.0 Å². The number of rotatable bonds is 7. The van der Waals surface area contributed by atoms with Crippen molar-refractivity contribution in [2.45, 2.75) is 43.3 Å². The van der Waals surface area contributed by atoms with E-state index in [1.807, 2.05) is 0 Å². The first-order valence-corrected chi connectivity index (χ1v) is 11.7. The van der Waals surface area contributed by atoms with Crippen LogP contribution in [0.25, 0.3) is 11.1 Å². The summed E-state index contributed by atoms with van der Waals surface area (Å²) in [5.74, 6) is -4.26. The number of benzene rings is 2. The number of carbonyl (C=O) groups excluding carboxylic acids is 1. The molecule has 2 atom stereocenters. The van der Waals surface area contributed by atoms with Crippen molar-refractivity contribution in [3.05, 3.63) is 59.7 Å². The fourth-order valence-corrected chi connectivity index (χ4v) is 5.33. The highest BCUT2D eigenvalue weighted by atomic mass is 32.2. The van der Waals surface area contributed by atoms with E-state index in [9.17, 15) is 31.1 Å². The molecule has 2 fully saturated rings. The van der Waals surface area contributed by atoms with Gasteiger partial charge in [0.15, 0.2) is 0 Å². The van der Waals surface area contributed by atoms with Crippen molar-refractivity contribution in [3.8, 4) is 11.1 Å². The topological polar surface area (TPSA) is 44.4 Å². The van der Waals surface area contributed by atoms with Gasteiger partial charge in [0.05, 0.1) is 6.04 Å². The van der Waals surface area contributed by atoms with Gasteiger partial charge in [-0.15, -0.1) is 0 Å². The summed E-state index contributed by atoms with van der Waals surface area (Å²) in [5.41, 5.74) is -0.319. The first kappa shape index (κ1) is 25.6. The molecule has 4 rings (SSSR count). The predicted molar refractivity (Wildman–Crippen MR) is 118 cm³/mol. The zero-order valence-corrected chi connectivity index (χ0v) is 19.0. The molecular formula is C23H22F7N3OS. The monoisotopic (exact) mass is 521 g/mol. The third-order valence-corrected chi connectivity index (χ3v) is 7.00. The van der Waals surface area contributed by atoms with Crippen LogP contribution in [0.1, 0.15) is 18.4 Å². The molecule has 2 aromatic rings. The van der Waals surface area contributed by atoms with Crippen molar-refractivity contribution in [1.82, 2.24) is 14.9 Å². The quantitative estimate of drug-likeness (QED) is 0.361. The molecular weight excluding hydrogens is 499 g/mol. The molecule has 0 radical (unpaired) electrons. The number of hydrogen-bond donors (Lipinski definition) is 2. The minimum atomic E-state index is -4.65. The van der Waals surface area contributed by atoms with Crippen molar-refractivity contribution in [2.75, 3.05) is 13.1 Å². The Balaban J connectivity index is 1.67. The fraction of sp³-hybridized carbons (Fsp3) is 0.435. The van der Waals surface area contributed by atoms with Crippen LogP contribution in [0.2, 0.25) is 0 Å². The normalized spacial score (nSPS) is 21.1. The van der Waals surface area contributed by atoms with Crippen LogP contribution >= 0.6 is 11.9 Å². The summed E-state index contributed by atoms with van der Waals surface area (Å²) < 4.78 is 96.6. The summed E-state index contributed by atoms with van der Waals surface area (Å²) in [6.45, 7) is -1.55. The molecule has 12 heteroatoms. The number of halogens is 7. The summed E-state index contributed by atoms with van der Waals surface area (Å²) in [4.78, 5) is 13.8. The molecule has 2 N–H and O–H groups in total. The molecule has 35 heavy (non-hydrogen) atoms. The molecule has 1 aliphatic heterocycles. The lowest BCUT2D eigenvalue weighted by Gasteiger charge is -2.30. The lowest BCUT2D eigenvalue weighted by molar-refractivity contribution is -0.123. The number of alkyl halides is 5. The third kappa shape index (κ3) is 5.85. The molecule has 1 spiro atoms. The Hall–Kier alpha value is -2.47. The van der Waals surface area contributed by atoms with Gasteiger partial charge in [0, 0.05) is 23.6 Å². The summed E-state index contributed by atoms with van der Waals surface area (Å²) >= 11 is 0.134. The summed E-state index contributed by atoms with van der Waals surface area (Å²) in [6, 6.07) is 7.44. The van der Waals surface area contributed by atoms with Crippen LogP contribution < -0.4 is 10.0 Å². The second-order valence-corrected chi connectivity index (χ2v) is 9.63. The highest BCUT2D eigenvalue weighted by Gasteiger charge is 2.60. The van der Waals surface area contributed by atoms with E-state index in [-0.39, 0.29) is 36.0 Å². The average Bonchev–Trinajstić information content (AvgIpc) is 3.50. The lowest BCUT2D eigenvalue weighted by Crippen LogP contribution is -2.50. The van der Waals surface area contributed by atoms with Crippen LogP contribution in [0.3, 0.4) is 0 Å². The predicted octanol–water partition coefficient (Wildman–Crippen LogP) is 5.74. The van der Waals surface area contributed by atoms with Crippen molar-refractivity contribution in [3.63, 3.8) is 0 Å². The van der Waals surface area contributed by atoms with E-state index >= 15 is 4.39 Å². The summed E-state index contributed by atoms with van der Waals surface area (Å²) in [6.07, 6.45) is -3.79. The van der Waals surface area contributed by atoms with Crippen LogP contribution in [0.4, 0.5) is 35.5 Å². The Morgan fingerprint density at radius 1 is 1.14 bits per heavy atom. The SMILES string of the molecule is O=C(NCC(F)(F)F)N1CC2(CC2)C(NSC(F)F)C1Cc1cc(F)cc(-c2ccccc2)c1F. The minimum absolute atomic E-state index is 0.0146. The second kappa shape index (κ2) is 9.88. The standard InChI is InChI=1S/C23H22F7N3OS/c24-15-8-14(18(25)16(10-15)13-4-2-1-3-5-13)9-17-19(32-35-20(26)27)22(6-7-22)12-33(17)21(34)31-11-23(28,29)30/h1-5,8,10,17,19-20,32H,6-7,9,11-12H2,(H,31,34). The Morgan fingerprint density at radius 2 is 1.83 bits per heavy atom. The van der Waals surface area contributed by atoms with Gasteiger partial charge in [-0.3, -0.25) is 4.72 Å². The number of hydrogen-bond acceptors (Lipinski definition) is 3. The van der Waals surface area contributed by atoms with E-state index in [1.54, 1.807) is 35.6 Å². The number of carbonyl (C=O) groups is 1. The molecule has 1 saturated heterocycles. The molecule has 1 heterocycles. The number of likely N-dealkylation sites (tertiary alicyclic amines) is 1. The van der Waals surface area contributed by atoms with Crippen LogP contribution in [-0.2, 0) is 6.42 Å².